The van der Waals surface area contributed by atoms with Crippen molar-refractivity contribution in [1.82, 2.24) is 4.98 Å². The number of nitrogens with zero attached hydrogens (tertiary/aromatic N) is 2. The first-order valence-corrected chi connectivity index (χ1v) is 6.79. The number of benzene rings is 1. The molecule has 0 aliphatic heterocycles. The monoisotopic (exact) mass is 264 g/mol. The third kappa shape index (κ3) is 2.84. The number of thiazole rings is 1. The summed E-state index contributed by atoms with van der Waals surface area (Å²) in [5.41, 5.74) is 1.61. The number of thioether (sulfide) groups is 1. The molecule has 2 aromatic rings. The van der Waals surface area contributed by atoms with Gasteiger partial charge in [-0.1, -0.05) is 23.9 Å². The van der Waals surface area contributed by atoms with E-state index in [9.17, 15) is 4.39 Å². The first kappa shape index (κ1) is 12.1. The number of hydrogen-bond acceptors (Lipinski definition) is 4. The highest BCUT2D eigenvalue weighted by Crippen LogP contribution is 2.27. The van der Waals surface area contributed by atoms with Crippen molar-refractivity contribution in [2.45, 2.75) is 17.0 Å². The smallest absolute Gasteiger partial charge is 0.150 e. The van der Waals surface area contributed by atoms with Crippen molar-refractivity contribution in [3.63, 3.8) is 0 Å². The Morgan fingerprint density at radius 2 is 2.35 bits per heavy atom. The summed E-state index contributed by atoms with van der Waals surface area (Å²) in [7, 11) is 0. The van der Waals surface area contributed by atoms with Gasteiger partial charge in [0.2, 0.25) is 0 Å². The molecule has 0 saturated carbocycles. The zero-order valence-corrected chi connectivity index (χ0v) is 10.7. The highest BCUT2D eigenvalue weighted by atomic mass is 32.2. The molecule has 0 saturated heterocycles. The molecule has 17 heavy (non-hydrogen) atoms. The van der Waals surface area contributed by atoms with Gasteiger partial charge in [-0.2, -0.15) is 5.26 Å². The largest absolute Gasteiger partial charge is 0.235 e. The molecule has 5 heteroatoms. The third-order valence-corrected chi connectivity index (χ3v) is 4.34. The van der Waals surface area contributed by atoms with E-state index < -0.39 is 5.82 Å². The van der Waals surface area contributed by atoms with Crippen LogP contribution in [0.2, 0.25) is 0 Å². The van der Waals surface area contributed by atoms with Crippen LogP contribution in [0.1, 0.15) is 16.8 Å². The molecule has 0 radical (unpaired) electrons. The van der Waals surface area contributed by atoms with Gasteiger partial charge in [0.15, 0.2) is 0 Å². The Kier molecular flexibility index (Phi) is 3.77. The number of nitriles is 1. The zero-order valence-electron chi connectivity index (χ0n) is 9.11. The normalized spacial score (nSPS) is 10.2. The second-order valence-corrected chi connectivity index (χ2v) is 5.51. The Morgan fingerprint density at radius 1 is 1.53 bits per heavy atom. The van der Waals surface area contributed by atoms with E-state index in [2.05, 4.69) is 4.98 Å². The molecule has 2 rings (SSSR count). The van der Waals surface area contributed by atoms with Gasteiger partial charge in [0.05, 0.1) is 5.56 Å². The fourth-order valence-corrected chi connectivity index (χ4v) is 3.14. The van der Waals surface area contributed by atoms with Crippen molar-refractivity contribution in [3.05, 3.63) is 46.2 Å². The minimum Gasteiger partial charge on any atom is -0.235 e. The highest BCUT2D eigenvalue weighted by Gasteiger charge is 2.08. The van der Waals surface area contributed by atoms with Crippen LogP contribution in [0.25, 0.3) is 0 Å². The number of aromatic nitrogens is 1. The number of rotatable bonds is 3. The van der Waals surface area contributed by atoms with Crippen LogP contribution < -0.4 is 0 Å². The third-order valence-electron chi connectivity index (χ3n) is 2.15. The van der Waals surface area contributed by atoms with E-state index in [4.69, 9.17) is 5.26 Å². The van der Waals surface area contributed by atoms with Crippen molar-refractivity contribution in [2.75, 3.05) is 0 Å². The van der Waals surface area contributed by atoms with Gasteiger partial charge in [-0.25, -0.2) is 9.37 Å². The van der Waals surface area contributed by atoms with Crippen LogP contribution >= 0.6 is 23.1 Å². The molecule has 1 aromatic heterocycles. The van der Waals surface area contributed by atoms with E-state index >= 15 is 0 Å². The molecule has 0 N–H and O–H groups in total. The second-order valence-electron chi connectivity index (χ2n) is 3.43. The lowest BCUT2D eigenvalue weighted by Gasteiger charge is -2.02. The number of halogens is 1. The number of hydrogen-bond donors (Lipinski definition) is 0. The average molecular weight is 264 g/mol. The van der Waals surface area contributed by atoms with E-state index in [1.807, 2.05) is 18.4 Å². The van der Waals surface area contributed by atoms with Gasteiger partial charge >= 0.3 is 0 Å². The van der Waals surface area contributed by atoms with E-state index in [1.165, 1.54) is 17.8 Å². The van der Waals surface area contributed by atoms with Crippen molar-refractivity contribution < 1.29 is 4.39 Å². The summed E-state index contributed by atoms with van der Waals surface area (Å²) >= 11 is 3.03. The fourth-order valence-electron chi connectivity index (χ4n) is 1.32. The summed E-state index contributed by atoms with van der Waals surface area (Å²) in [6.07, 6.45) is 0. The Balaban J connectivity index is 2.12. The predicted octanol–water partition coefficient (Wildman–Crippen LogP) is 3.75. The van der Waals surface area contributed by atoms with E-state index in [0.717, 1.165) is 10.0 Å². The quantitative estimate of drug-likeness (QED) is 0.792. The first-order valence-electron chi connectivity index (χ1n) is 4.93. The Morgan fingerprint density at radius 3 is 3.00 bits per heavy atom. The van der Waals surface area contributed by atoms with Crippen LogP contribution in [-0.2, 0) is 5.75 Å². The molecule has 0 bridgehead atoms. The molecule has 0 amide bonds. The van der Waals surface area contributed by atoms with Crippen molar-refractivity contribution in [2.24, 2.45) is 0 Å². The summed E-state index contributed by atoms with van der Waals surface area (Å²) < 4.78 is 14.6. The van der Waals surface area contributed by atoms with E-state index in [1.54, 1.807) is 23.5 Å². The van der Waals surface area contributed by atoms with E-state index in [-0.39, 0.29) is 5.56 Å². The Hall–Kier alpha value is -1.38. The molecule has 2 nitrogen and oxygen atoms in total. The van der Waals surface area contributed by atoms with Crippen LogP contribution in [0, 0.1) is 24.1 Å². The van der Waals surface area contributed by atoms with Gasteiger partial charge in [0.25, 0.3) is 0 Å². The number of aryl methyl sites for hydroxylation is 1. The lowest BCUT2D eigenvalue weighted by Crippen LogP contribution is -1.91. The van der Waals surface area contributed by atoms with Gasteiger partial charge in [-0.15, -0.1) is 11.3 Å². The van der Waals surface area contributed by atoms with Crippen LogP contribution in [0.5, 0.6) is 0 Å². The first-order chi connectivity index (χ1) is 8.20. The van der Waals surface area contributed by atoms with Gasteiger partial charge < -0.3 is 0 Å². The summed E-state index contributed by atoms with van der Waals surface area (Å²) in [5.74, 6) is 0.0738. The summed E-state index contributed by atoms with van der Waals surface area (Å²) in [6, 6.07) is 6.72. The zero-order chi connectivity index (χ0) is 12.3. The maximum Gasteiger partial charge on any atom is 0.150 e. The van der Waals surface area contributed by atoms with Crippen LogP contribution in [-0.4, -0.2) is 4.98 Å². The maximum atomic E-state index is 13.7. The van der Waals surface area contributed by atoms with Gasteiger partial charge in [0.1, 0.15) is 16.2 Å². The van der Waals surface area contributed by atoms with Crippen LogP contribution in [0.4, 0.5) is 4.39 Å². The second kappa shape index (κ2) is 5.30. The van der Waals surface area contributed by atoms with Gasteiger partial charge in [-0.05, 0) is 18.6 Å². The minimum atomic E-state index is -0.421. The minimum absolute atomic E-state index is 0.0958. The SMILES string of the molecule is Cc1csc(SCc2cccc(C#N)c2F)n1. The van der Waals surface area contributed by atoms with Crippen molar-refractivity contribution in [1.29, 1.82) is 5.26 Å². The standard InChI is InChI=1S/C12H9FN2S2/c1-8-6-16-12(15-8)17-7-10-4-2-3-9(5-14)11(10)13/h2-4,6H,7H2,1H3. The lowest BCUT2D eigenvalue weighted by molar-refractivity contribution is 0.613. The lowest BCUT2D eigenvalue weighted by atomic mass is 10.1. The van der Waals surface area contributed by atoms with Crippen LogP contribution in [0.3, 0.4) is 0 Å². The van der Waals surface area contributed by atoms with Crippen LogP contribution in [0.15, 0.2) is 27.9 Å². The molecule has 0 spiro atoms. The molecule has 86 valence electrons. The molecule has 0 aliphatic rings. The van der Waals surface area contributed by atoms with Crippen molar-refractivity contribution >= 4 is 23.1 Å². The molecular weight excluding hydrogens is 255 g/mol. The molecule has 0 aliphatic carbocycles. The maximum absolute atomic E-state index is 13.7. The van der Waals surface area contributed by atoms with E-state index in [0.29, 0.717) is 11.3 Å². The Bertz CT molecular complexity index is 572. The average Bonchev–Trinajstić information content (AvgIpc) is 2.74. The molecule has 0 fully saturated rings. The van der Waals surface area contributed by atoms with Gasteiger partial charge in [-0.3, -0.25) is 0 Å². The predicted molar refractivity (Wildman–Crippen MR) is 67.5 cm³/mol. The van der Waals surface area contributed by atoms with Crippen molar-refractivity contribution in [3.8, 4) is 6.07 Å². The topological polar surface area (TPSA) is 36.7 Å². The molecule has 0 atom stereocenters. The van der Waals surface area contributed by atoms with Gasteiger partial charge in [0, 0.05) is 16.8 Å². The fraction of sp³-hybridized carbons (Fsp3) is 0.167. The molecular formula is C12H9FN2S2. The molecule has 1 heterocycles. The molecule has 1 aromatic carbocycles. The summed E-state index contributed by atoms with van der Waals surface area (Å²) in [4.78, 5) is 4.29. The highest BCUT2D eigenvalue weighted by molar-refractivity contribution is 8.00. The Labute approximate surface area is 107 Å². The summed E-state index contributed by atoms with van der Waals surface area (Å²) in [6.45, 7) is 1.93. The summed E-state index contributed by atoms with van der Waals surface area (Å²) in [5, 5.41) is 10.7. The molecule has 0 unspecified atom stereocenters.